The molecule has 1 aromatic carbocycles. The van der Waals surface area contributed by atoms with Crippen LogP contribution in [-0.2, 0) is 4.43 Å². The smallest absolute Gasteiger partial charge is 0.250 e. The number of hydrogen-bond donors (Lipinski definition) is 0. The van der Waals surface area contributed by atoms with E-state index in [2.05, 4.69) is 56.9 Å². The first-order valence-corrected chi connectivity index (χ1v) is 13.8. The standard InChI is InChI=1S/C24H33N3O2Si/c1-7-20-24(22(28)18-12-9-8-10-13-18)17-19(29-30(5,6)23(2,3)4)16-21(27(20)24)26-15-11-14-25-26/h8-16,20-21H,7,17H2,1-6H3/t20-,21+,24-,27?/m1/s1. The summed E-state index contributed by atoms with van der Waals surface area (Å²) in [6.07, 6.45) is 7.38. The van der Waals surface area contributed by atoms with E-state index in [4.69, 9.17) is 4.43 Å². The van der Waals surface area contributed by atoms with Crippen molar-refractivity contribution in [3.05, 3.63) is 66.2 Å². The van der Waals surface area contributed by atoms with Gasteiger partial charge >= 0.3 is 0 Å². The van der Waals surface area contributed by atoms with Crippen LogP contribution >= 0.6 is 0 Å². The minimum atomic E-state index is -2.02. The maximum Gasteiger partial charge on any atom is 0.250 e. The molecule has 6 heteroatoms. The fourth-order valence-electron chi connectivity index (χ4n) is 4.53. The molecule has 0 aliphatic carbocycles. The van der Waals surface area contributed by atoms with Gasteiger partial charge < -0.3 is 4.43 Å². The van der Waals surface area contributed by atoms with E-state index < -0.39 is 13.9 Å². The highest BCUT2D eigenvalue weighted by molar-refractivity contribution is 6.74. The second kappa shape index (κ2) is 7.20. The molecule has 30 heavy (non-hydrogen) atoms. The molecule has 2 aliphatic rings. The predicted molar refractivity (Wildman–Crippen MR) is 122 cm³/mol. The SMILES string of the molecule is CC[C@H]1N2[C@H](n3cccn3)C=C(O[Si](C)(C)C(C)(C)C)C[C@]12C(=O)c1ccccc1. The van der Waals surface area contributed by atoms with Crippen molar-refractivity contribution in [1.82, 2.24) is 14.7 Å². The third-order valence-corrected chi connectivity index (χ3v) is 11.5. The molecule has 0 spiro atoms. The first kappa shape index (κ1) is 21.1. The molecule has 3 heterocycles. The zero-order valence-electron chi connectivity index (χ0n) is 18.9. The van der Waals surface area contributed by atoms with Crippen LogP contribution < -0.4 is 0 Å². The van der Waals surface area contributed by atoms with Crippen LogP contribution in [0.15, 0.2) is 60.6 Å². The molecule has 1 unspecified atom stereocenters. The molecular weight excluding hydrogens is 390 g/mol. The minimum Gasteiger partial charge on any atom is -0.547 e. The van der Waals surface area contributed by atoms with Crippen molar-refractivity contribution < 1.29 is 9.22 Å². The van der Waals surface area contributed by atoms with Gasteiger partial charge in [-0.1, -0.05) is 58.0 Å². The molecule has 4 rings (SSSR count). The lowest BCUT2D eigenvalue weighted by Gasteiger charge is -2.39. The summed E-state index contributed by atoms with van der Waals surface area (Å²) in [6.45, 7) is 13.4. The maximum atomic E-state index is 13.8. The van der Waals surface area contributed by atoms with Gasteiger partial charge in [0.05, 0.1) is 5.76 Å². The molecule has 0 radical (unpaired) electrons. The Bertz CT molecular complexity index is 947. The van der Waals surface area contributed by atoms with Gasteiger partial charge in [0.15, 0.2) is 5.78 Å². The second-order valence-electron chi connectivity index (χ2n) is 10.0. The highest BCUT2D eigenvalue weighted by atomic mass is 28.4. The Morgan fingerprint density at radius 2 is 1.93 bits per heavy atom. The van der Waals surface area contributed by atoms with Crippen LogP contribution in [0.25, 0.3) is 0 Å². The lowest BCUT2D eigenvalue weighted by molar-refractivity contribution is 0.0868. The summed E-state index contributed by atoms with van der Waals surface area (Å²) in [6, 6.07) is 11.8. The Morgan fingerprint density at radius 1 is 1.23 bits per heavy atom. The van der Waals surface area contributed by atoms with E-state index in [0.717, 1.165) is 17.7 Å². The van der Waals surface area contributed by atoms with Crippen molar-refractivity contribution in [3.8, 4) is 0 Å². The Balaban J connectivity index is 1.76. The van der Waals surface area contributed by atoms with Gasteiger partial charge in [0, 0.05) is 30.4 Å². The molecule has 0 N–H and O–H groups in total. The van der Waals surface area contributed by atoms with Crippen molar-refractivity contribution in [3.63, 3.8) is 0 Å². The largest absolute Gasteiger partial charge is 0.547 e. The monoisotopic (exact) mass is 423 g/mol. The molecule has 2 aromatic rings. The fourth-order valence-corrected chi connectivity index (χ4v) is 5.63. The van der Waals surface area contributed by atoms with Gasteiger partial charge in [0.2, 0.25) is 8.32 Å². The quantitative estimate of drug-likeness (QED) is 0.354. The maximum absolute atomic E-state index is 13.8. The second-order valence-corrected chi connectivity index (χ2v) is 14.7. The van der Waals surface area contributed by atoms with Gasteiger partial charge in [0.1, 0.15) is 11.7 Å². The third kappa shape index (κ3) is 3.26. The highest BCUT2D eigenvalue weighted by Crippen LogP contribution is 2.57. The molecule has 1 aromatic heterocycles. The number of hydrogen-bond acceptors (Lipinski definition) is 4. The molecule has 4 atom stereocenters. The van der Waals surface area contributed by atoms with Crippen LogP contribution in [0.3, 0.4) is 0 Å². The average Bonchev–Trinajstić information content (AvgIpc) is 3.05. The lowest BCUT2D eigenvalue weighted by Crippen LogP contribution is -2.43. The van der Waals surface area contributed by atoms with Crippen molar-refractivity contribution in [2.75, 3.05) is 0 Å². The number of carbonyl (C=O) groups excluding carboxylic acids is 1. The van der Waals surface area contributed by atoms with Crippen molar-refractivity contribution in [2.24, 2.45) is 0 Å². The summed E-state index contributed by atoms with van der Waals surface area (Å²) >= 11 is 0. The van der Waals surface area contributed by atoms with Crippen molar-refractivity contribution >= 4 is 14.1 Å². The number of aromatic nitrogens is 2. The third-order valence-electron chi connectivity index (χ3n) is 7.15. The predicted octanol–water partition coefficient (Wildman–Crippen LogP) is 5.41. The Morgan fingerprint density at radius 3 is 2.50 bits per heavy atom. The van der Waals surface area contributed by atoms with E-state index in [1.807, 2.05) is 47.3 Å². The summed E-state index contributed by atoms with van der Waals surface area (Å²) in [5.41, 5.74) is 0.213. The van der Waals surface area contributed by atoms with Gasteiger partial charge in [0.25, 0.3) is 0 Å². The topological polar surface area (TPSA) is 47.1 Å². The number of carbonyl (C=O) groups is 1. The number of Topliss-reactive ketones (excluding diaryl/α,β-unsaturated/α-hetero) is 1. The van der Waals surface area contributed by atoms with E-state index in [0.29, 0.717) is 6.42 Å². The van der Waals surface area contributed by atoms with Crippen molar-refractivity contribution in [2.45, 2.75) is 76.4 Å². The van der Waals surface area contributed by atoms with E-state index in [9.17, 15) is 4.79 Å². The molecule has 0 bridgehead atoms. The Hall–Kier alpha value is -2.18. The van der Waals surface area contributed by atoms with Gasteiger partial charge in [-0.15, -0.1) is 0 Å². The lowest BCUT2D eigenvalue weighted by atomic mass is 9.88. The highest BCUT2D eigenvalue weighted by Gasteiger charge is 2.70. The Labute approximate surface area is 180 Å². The van der Waals surface area contributed by atoms with E-state index in [1.165, 1.54) is 0 Å². The summed E-state index contributed by atoms with van der Waals surface area (Å²) in [5, 5.41) is 4.60. The van der Waals surface area contributed by atoms with Gasteiger partial charge in [-0.25, -0.2) is 0 Å². The molecule has 0 saturated carbocycles. The number of rotatable bonds is 6. The van der Waals surface area contributed by atoms with Gasteiger partial charge in [-0.2, -0.15) is 5.10 Å². The average molecular weight is 424 g/mol. The van der Waals surface area contributed by atoms with Crippen LogP contribution in [0.4, 0.5) is 0 Å². The summed E-state index contributed by atoms with van der Waals surface area (Å²) in [4.78, 5) is 16.1. The molecule has 5 nitrogen and oxygen atoms in total. The molecule has 0 amide bonds. The number of fused-ring (bicyclic) bond motifs is 1. The number of ketones is 1. The normalized spacial score (nSPS) is 28.5. The van der Waals surface area contributed by atoms with Crippen LogP contribution in [0, 0.1) is 0 Å². The van der Waals surface area contributed by atoms with Crippen LogP contribution in [-0.4, -0.2) is 40.4 Å². The summed E-state index contributed by atoms with van der Waals surface area (Å²) in [5.74, 6) is 1.13. The molecular formula is C24H33N3O2Si. The van der Waals surface area contributed by atoms with Crippen LogP contribution in [0.1, 0.15) is 57.1 Å². The molecule has 2 aliphatic heterocycles. The fraction of sp³-hybridized carbons (Fsp3) is 0.500. The first-order valence-electron chi connectivity index (χ1n) is 10.9. The van der Waals surface area contributed by atoms with E-state index in [-0.39, 0.29) is 23.0 Å². The van der Waals surface area contributed by atoms with Gasteiger partial charge in [-0.3, -0.25) is 14.4 Å². The van der Waals surface area contributed by atoms with Crippen LogP contribution in [0.5, 0.6) is 0 Å². The summed E-state index contributed by atoms with van der Waals surface area (Å²) in [7, 11) is -2.02. The first-order chi connectivity index (χ1) is 14.1. The zero-order valence-corrected chi connectivity index (χ0v) is 19.9. The molecule has 1 fully saturated rings. The van der Waals surface area contributed by atoms with E-state index in [1.54, 1.807) is 6.20 Å². The minimum absolute atomic E-state index is 0.0937. The Kier molecular flexibility index (Phi) is 5.06. The zero-order chi connectivity index (χ0) is 21.7. The number of benzene rings is 1. The summed E-state index contributed by atoms with van der Waals surface area (Å²) < 4.78 is 8.69. The molecule has 160 valence electrons. The number of nitrogens with zero attached hydrogens (tertiary/aromatic N) is 3. The van der Waals surface area contributed by atoms with Crippen molar-refractivity contribution in [1.29, 1.82) is 0 Å². The van der Waals surface area contributed by atoms with E-state index >= 15 is 0 Å². The van der Waals surface area contributed by atoms with Crippen LogP contribution in [0.2, 0.25) is 18.1 Å². The molecule has 1 saturated heterocycles. The van der Waals surface area contributed by atoms with Gasteiger partial charge in [-0.05, 0) is 36.7 Å².